The Morgan fingerprint density at radius 3 is 2.67 bits per heavy atom. The molecule has 120 valence electrons. The van der Waals surface area contributed by atoms with Crippen molar-refractivity contribution in [2.75, 3.05) is 13.6 Å². The summed E-state index contributed by atoms with van der Waals surface area (Å²) >= 11 is 0. The summed E-state index contributed by atoms with van der Waals surface area (Å²) in [6, 6.07) is 0.446. The maximum atomic E-state index is 4.27. The Hall–Kier alpha value is -1.52. The minimum Gasteiger partial charge on any atom is -0.355 e. The lowest BCUT2D eigenvalue weighted by Gasteiger charge is -2.18. The Labute approximate surface area is 129 Å². The average molecular weight is 293 g/mol. The first-order chi connectivity index (χ1) is 10.0. The third kappa shape index (κ3) is 7.73. The minimum atomic E-state index is 0.446. The van der Waals surface area contributed by atoms with E-state index in [0.717, 1.165) is 25.0 Å². The Bertz CT molecular complexity index is 422. The number of hydrogen-bond acceptors (Lipinski definition) is 2. The fraction of sp³-hybridized carbons (Fsp3) is 0.750. The van der Waals surface area contributed by atoms with Crippen molar-refractivity contribution in [1.82, 2.24) is 20.4 Å². The van der Waals surface area contributed by atoms with Crippen LogP contribution in [0.2, 0.25) is 0 Å². The Morgan fingerprint density at radius 1 is 1.33 bits per heavy atom. The smallest absolute Gasteiger partial charge is 0.191 e. The summed E-state index contributed by atoms with van der Waals surface area (Å²) in [6.45, 7) is 10.5. The third-order valence-corrected chi connectivity index (χ3v) is 3.42. The van der Waals surface area contributed by atoms with Crippen LogP contribution in [-0.2, 0) is 6.54 Å². The van der Waals surface area contributed by atoms with Gasteiger partial charge >= 0.3 is 0 Å². The minimum absolute atomic E-state index is 0.446. The van der Waals surface area contributed by atoms with Crippen LogP contribution in [0.5, 0.6) is 0 Å². The second kappa shape index (κ2) is 9.42. The zero-order valence-electron chi connectivity index (χ0n) is 14.2. The highest BCUT2D eigenvalue weighted by atomic mass is 15.3. The number of nitrogens with zero attached hydrogens (tertiary/aromatic N) is 3. The number of guanidine groups is 1. The van der Waals surface area contributed by atoms with E-state index in [0.29, 0.717) is 6.04 Å². The van der Waals surface area contributed by atoms with E-state index >= 15 is 0 Å². The van der Waals surface area contributed by atoms with Gasteiger partial charge in [-0.3, -0.25) is 9.67 Å². The lowest BCUT2D eigenvalue weighted by atomic mass is 10.0. The molecular formula is C16H31N5. The van der Waals surface area contributed by atoms with E-state index in [-0.39, 0.29) is 0 Å². The van der Waals surface area contributed by atoms with E-state index in [9.17, 15) is 0 Å². The topological polar surface area (TPSA) is 54.2 Å². The van der Waals surface area contributed by atoms with Crippen molar-refractivity contribution in [1.29, 1.82) is 0 Å². The molecule has 1 heterocycles. The van der Waals surface area contributed by atoms with Gasteiger partial charge in [-0.05, 0) is 31.7 Å². The zero-order valence-corrected chi connectivity index (χ0v) is 14.2. The van der Waals surface area contributed by atoms with Crippen molar-refractivity contribution in [3.63, 3.8) is 0 Å². The van der Waals surface area contributed by atoms with Gasteiger partial charge in [-0.15, -0.1) is 0 Å². The van der Waals surface area contributed by atoms with Crippen LogP contribution in [-0.4, -0.2) is 35.4 Å². The number of rotatable bonds is 8. The quantitative estimate of drug-likeness (QED) is 0.572. The van der Waals surface area contributed by atoms with E-state index in [1.54, 1.807) is 0 Å². The van der Waals surface area contributed by atoms with E-state index in [2.05, 4.69) is 48.4 Å². The summed E-state index contributed by atoms with van der Waals surface area (Å²) in [6.07, 6.45) is 7.65. The molecule has 0 fully saturated rings. The SMILES string of the molecule is CN=C(NCCn1cc(C)cn1)NC(C)CCCC(C)C. The number of aryl methyl sites for hydroxylation is 1. The molecule has 5 nitrogen and oxygen atoms in total. The van der Waals surface area contributed by atoms with Crippen LogP contribution in [0.25, 0.3) is 0 Å². The summed E-state index contributed by atoms with van der Waals surface area (Å²) in [4.78, 5) is 4.27. The molecule has 0 aliphatic carbocycles. The fourth-order valence-corrected chi connectivity index (χ4v) is 2.21. The van der Waals surface area contributed by atoms with Crippen molar-refractivity contribution in [3.8, 4) is 0 Å². The first-order valence-electron chi connectivity index (χ1n) is 7.97. The zero-order chi connectivity index (χ0) is 15.7. The van der Waals surface area contributed by atoms with Gasteiger partial charge in [0.05, 0.1) is 12.7 Å². The van der Waals surface area contributed by atoms with Crippen LogP contribution in [0.15, 0.2) is 17.4 Å². The van der Waals surface area contributed by atoms with E-state index < -0.39 is 0 Å². The normalized spacial score (nSPS) is 13.5. The first-order valence-corrected chi connectivity index (χ1v) is 7.97. The van der Waals surface area contributed by atoms with Crippen LogP contribution in [0.3, 0.4) is 0 Å². The second-order valence-electron chi connectivity index (χ2n) is 6.15. The van der Waals surface area contributed by atoms with Crippen molar-refractivity contribution >= 4 is 5.96 Å². The van der Waals surface area contributed by atoms with Gasteiger partial charge < -0.3 is 10.6 Å². The van der Waals surface area contributed by atoms with Crippen LogP contribution in [0, 0.1) is 12.8 Å². The van der Waals surface area contributed by atoms with Gasteiger partial charge in [0.15, 0.2) is 5.96 Å². The molecule has 5 heteroatoms. The summed E-state index contributed by atoms with van der Waals surface area (Å²) in [7, 11) is 1.81. The fourth-order valence-electron chi connectivity index (χ4n) is 2.21. The van der Waals surface area contributed by atoms with Gasteiger partial charge in [-0.2, -0.15) is 5.10 Å². The molecule has 1 aromatic heterocycles. The number of aliphatic imine (C=N–C) groups is 1. The molecule has 1 atom stereocenters. The molecule has 1 rings (SSSR count). The van der Waals surface area contributed by atoms with Gasteiger partial charge in [0.1, 0.15) is 0 Å². The van der Waals surface area contributed by atoms with Gasteiger partial charge in [0.25, 0.3) is 0 Å². The van der Waals surface area contributed by atoms with Crippen molar-refractivity contribution in [3.05, 3.63) is 18.0 Å². The maximum absolute atomic E-state index is 4.27. The molecule has 0 radical (unpaired) electrons. The third-order valence-electron chi connectivity index (χ3n) is 3.42. The van der Waals surface area contributed by atoms with Crippen molar-refractivity contribution in [2.24, 2.45) is 10.9 Å². The first kappa shape index (κ1) is 17.5. The summed E-state index contributed by atoms with van der Waals surface area (Å²) in [5, 5.41) is 11.0. The molecule has 0 amide bonds. The van der Waals surface area contributed by atoms with Crippen LogP contribution < -0.4 is 10.6 Å². The van der Waals surface area contributed by atoms with Gasteiger partial charge in [-0.1, -0.05) is 26.7 Å². The van der Waals surface area contributed by atoms with Crippen LogP contribution >= 0.6 is 0 Å². The Morgan fingerprint density at radius 2 is 2.10 bits per heavy atom. The molecule has 1 unspecified atom stereocenters. The molecular weight excluding hydrogens is 262 g/mol. The lowest BCUT2D eigenvalue weighted by molar-refractivity contribution is 0.490. The lowest BCUT2D eigenvalue weighted by Crippen LogP contribution is -2.43. The predicted octanol–water partition coefficient (Wildman–Crippen LogP) is 2.57. The highest BCUT2D eigenvalue weighted by molar-refractivity contribution is 5.79. The molecule has 1 aromatic rings. The molecule has 2 N–H and O–H groups in total. The molecule has 0 aliphatic rings. The van der Waals surface area contributed by atoms with Crippen LogP contribution in [0.1, 0.15) is 45.6 Å². The Kier molecular flexibility index (Phi) is 7.87. The molecule has 21 heavy (non-hydrogen) atoms. The highest BCUT2D eigenvalue weighted by Gasteiger charge is 2.05. The van der Waals surface area contributed by atoms with Gasteiger partial charge in [0, 0.05) is 25.8 Å². The summed E-state index contributed by atoms with van der Waals surface area (Å²) in [5.41, 5.74) is 1.19. The number of hydrogen-bond donors (Lipinski definition) is 2. The van der Waals surface area contributed by atoms with E-state index in [4.69, 9.17) is 0 Å². The Balaban J connectivity index is 2.22. The largest absolute Gasteiger partial charge is 0.355 e. The summed E-state index contributed by atoms with van der Waals surface area (Å²) < 4.78 is 1.95. The standard InChI is InChI=1S/C16H31N5/c1-13(2)7-6-8-15(4)20-16(17-5)18-9-10-21-12-14(3)11-19-21/h11-13,15H,6-10H2,1-5H3,(H2,17,18,20). The monoisotopic (exact) mass is 293 g/mol. The highest BCUT2D eigenvalue weighted by Crippen LogP contribution is 2.08. The number of aromatic nitrogens is 2. The van der Waals surface area contributed by atoms with E-state index in [1.807, 2.05) is 24.1 Å². The van der Waals surface area contributed by atoms with Crippen LogP contribution in [0.4, 0.5) is 0 Å². The van der Waals surface area contributed by atoms with Gasteiger partial charge in [-0.25, -0.2) is 0 Å². The predicted molar refractivity (Wildman–Crippen MR) is 89.6 cm³/mol. The number of nitrogens with one attached hydrogen (secondary N) is 2. The maximum Gasteiger partial charge on any atom is 0.191 e. The molecule has 0 aliphatic heterocycles. The van der Waals surface area contributed by atoms with Crippen molar-refractivity contribution < 1.29 is 0 Å². The van der Waals surface area contributed by atoms with Crippen molar-refractivity contribution in [2.45, 2.75) is 59.5 Å². The molecule has 0 bridgehead atoms. The average Bonchev–Trinajstić information content (AvgIpc) is 2.83. The second-order valence-corrected chi connectivity index (χ2v) is 6.15. The van der Waals surface area contributed by atoms with E-state index in [1.165, 1.54) is 24.8 Å². The molecule has 0 aromatic carbocycles. The molecule has 0 saturated heterocycles. The molecule has 0 saturated carbocycles. The van der Waals surface area contributed by atoms with Gasteiger partial charge in [0.2, 0.25) is 0 Å². The summed E-state index contributed by atoms with van der Waals surface area (Å²) in [5.74, 6) is 1.66. The molecule has 0 spiro atoms.